The Morgan fingerprint density at radius 3 is 2.56 bits per heavy atom. The summed E-state index contributed by atoms with van der Waals surface area (Å²) in [5.74, 6) is -1.17. The molecule has 2 aromatic carbocycles. The van der Waals surface area contributed by atoms with Crippen molar-refractivity contribution >= 4 is 51.1 Å². The fourth-order valence-corrected chi connectivity index (χ4v) is 2.83. The molecule has 0 spiro atoms. The molecule has 1 saturated heterocycles. The van der Waals surface area contributed by atoms with Gasteiger partial charge in [-0.1, -0.05) is 27.5 Å². The number of nitrogens with zero attached hydrogens (tertiary/aromatic N) is 1. The van der Waals surface area contributed by atoms with E-state index in [9.17, 15) is 14.7 Å². The van der Waals surface area contributed by atoms with E-state index < -0.39 is 11.8 Å². The number of hydrazine groups is 1. The number of benzene rings is 2. The molecule has 0 atom stereocenters. The van der Waals surface area contributed by atoms with Crippen LogP contribution in [0, 0.1) is 0 Å². The number of aromatic hydroxyl groups is 1. The van der Waals surface area contributed by atoms with Gasteiger partial charge in [0, 0.05) is 21.1 Å². The number of hydrogen-bond donors (Lipinski definition) is 2. The van der Waals surface area contributed by atoms with Gasteiger partial charge in [-0.2, -0.15) is 0 Å². The van der Waals surface area contributed by atoms with E-state index >= 15 is 0 Å². The van der Waals surface area contributed by atoms with Crippen molar-refractivity contribution in [1.29, 1.82) is 0 Å². The summed E-state index contributed by atoms with van der Waals surface area (Å²) in [7, 11) is 1.38. The van der Waals surface area contributed by atoms with E-state index in [1.54, 1.807) is 24.3 Å². The van der Waals surface area contributed by atoms with Gasteiger partial charge >= 0.3 is 0 Å². The molecule has 128 valence electrons. The summed E-state index contributed by atoms with van der Waals surface area (Å²) in [5.41, 5.74) is 3.09. The third-order valence-electron chi connectivity index (χ3n) is 3.57. The van der Waals surface area contributed by atoms with Crippen molar-refractivity contribution in [3.05, 3.63) is 57.0 Å². The van der Waals surface area contributed by atoms with Gasteiger partial charge in [0.25, 0.3) is 11.8 Å². The molecular formula is C17H12BrClN2O4. The van der Waals surface area contributed by atoms with Crippen LogP contribution in [0.1, 0.15) is 5.56 Å². The number of hydrogen-bond acceptors (Lipinski definition) is 4. The van der Waals surface area contributed by atoms with Crippen LogP contribution >= 0.6 is 27.5 Å². The van der Waals surface area contributed by atoms with Crippen molar-refractivity contribution < 1.29 is 19.4 Å². The molecule has 0 radical (unpaired) electrons. The Balaban J connectivity index is 1.99. The molecule has 0 bridgehead atoms. The van der Waals surface area contributed by atoms with Crippen molar-refractivity contribution in [3.63, 3.8) is 0 Å². The lowest BCUT2D eigenvalue weighted by Crippen LogP contribution is -2.35. The van der Waals surface area contributed by atoms with E-state index in [1.165, 1.54) is 25.3 Å². The Labute approximate surface area is 156 Å². The van der Waals surface area contributed by atoms with E-state index in [1.807, 2.05) is 0 Å². The summed E-state index contributed by atoms with van der Waals surface area (Å²) in [5, 5.41) is 11.6. The first-order valence-corrected chi connectivity index (χ1v) is 8.27. The van der Waals surface area contributed by atoms with Crippen LogP contribution in [-0.4, -0.2) is 24.0 Å². The van der Waals surface area contributed by atoms with Gasteiger partial charge < -0.3 is 9.84 Å². The number of carbonyl (C=O) groups excluding carboxylic acids is 2. The van der Waals surface area contributed by atoms with Gasteiger partial charge in [0.2, 0.25) is 0 Å². The number of phenolic OH excluding ortho intramolecular Hbond substituents is 1. The monoisotopic (exact) mass is 422 g/mol. The van der Waals surface area contributed by atoms with Crippen molar-refractivity contribution in [1.82, 2.24) is 5.43 Å². The standard InChI is InChI=1S/C17H12BrClN2O4/c1-25-14-8-11(19)6-9(15(14)22)7-13-16(23)20-21(17(13)24)12-4-2-10(18)3-5-12/h2-8,22H,1H3,(H,20,23)/b13-7+. The van der Waals surface area contributed by atoms with Gasteiger partial charge in [-0.25, -0.2) is 5.01 Å². The molecule has 1 aliphatic rings. The Hall–Kier alpha value is -2.51. The topological polar surface area (TPSA) is 78.9 Å². The fourth-order valence-electron chi connectivity index (χ4n) is 2.34. The van der Waals surface area contributed by atoms with Crippen LogP contribution in [0.5, 0.6) is 11.5 Å². The van der Waals surface area contributed by atoms with Gasteiger partial charge in [-0.15, -0.1) is 0 Å². The van der Waals surface area contributed by atoms with Gasteiger partial charge in [0.15, 0.2) is 11.5 Å². The smallest absolute Gasteiger partial charge is 0.282 e. The number of phenols is 1. The van der Waals surface area contributed by atoms with E-state index in [0.29, 0.717) is 10.7 Å². The molecule has 8 heteroatoms. The zero-order chi connectivity index (χ0) is 18.1. The third kappa shape index (κ3) is 3.33. The highest BCUT2D eigenvalue weighted by molar-refractivity contribution is 9.10. The van der Waals surface area contributed by atoms with Crippen LogP contribution in [0.25, 0.3) is 6.08 Å². The third-order valence-corrected chi connectivity index (χ3v) is 4.31. The van der Waals surface area contributed by atoms with Crippen LogP contribution < -0.4 is 15.2 Å². The number of amides is 2. The fraction of sp³-hybridized carbons (Fsp3) is 0.0588. The lowest BCUT2D eigenvalue weighted by atomic mass is 10.1. The summed E-state index contributed by atoms with van der Waals surface area (Å²) in [4.78, 5) is 24.8. The predicted molar refractivity (Wildman–Crippen MR) is 97.4 cm³/mol. The summed E-state index contributed by atoms with van der Waals surface area (Å²) < 4.78 is 5.87. The Morgan fingerprint density at radius 2 is 1.92 bits per heavy atom. The number of methoxy groups -OCH3 is 1. The normalized spacial score (nSPS) is 15.6. The Kier molecular flexibility index (Phi) is 4.69. The second-order valence-corrected chi connectivity index (χ2v) is 6.51. The molecule has 2 amide bonds. The number of anilines is 1. The predicted octanol–water partition coefficient (Wildman–Crippen LogP) is 3.28. The lowest BCUT2D eigenvalue weighted by Gasteiger charge is -2.14. The average molecular weight is 424 g/mol. The number of carbonyl (C=O) groups is 2. The van der Waals surface area contributed by atoms with Crippen LogP contribution in [0.15, 0.2) is 46.4 Å². The van der Waals surface area contributed by atoms with E-state index in [2.05, 4.69) is 21.4 Å². The van der Waals surface area contributed by atoms with E-state index in [0.717, 1.165) is 9.48 Å². The molecule has 1 heterocycles. The number of rotatable bonds is 3. The molecular weight excluding hydrogens is 412 g/mol. The molecule has 1 aliphatic heterocycles. The minimum Gasteiger partial charge on any atom is -0.504 e. The van der Waals surface area contributed by atoms with Crippen molar-refractivity contribution in [2.45, 2.75) is 0 Å². The van der Waals surface area contributed by atoms with Crippen molar-refractivity contribution in [2.24, 2.45) is 0 Å². The van der Waals surface area contributed by atoms with Crippen LogP contribution in [-0.2, 0) is 9.59 Å². The van der Waals surface area contributed by atoms with Crippen molar-refractivity contribution in [2.75, 3.05) is 12.1 Å². The highest BCUT2D eigenvalue weighted by Gasteiger charge is 2.34. The molecule has 2 aromatic rings. The number of ether oxygens (including phenoxy) is 1. The summed E-state index contributed by atoms with van der Waals surface area (Å²) in [6.07, 6.45) is 1.28. The minimum absolute atomic E-state index is 0.123. The molecule has 0 aliphatic carbocycles. The summed E-state index contributed by atoms with van der Waals surface area (Å²) in [6, 6.07) is 9.75. The number of nitrogens with one attached hydrogen (secondary N) is 1. The minimum atomic E-state index is -0.578. The SMILES string of the molecule is COc1cc(Cl)cc(/C=C2\C(=O)NN(c3ccc(Br)cc3)C2=O)c1O. The second kappa shape index (κ2) is 6.78. The summed E-state index contributed by atoms with van der Waals surface area (Å²) in [6.45, 7) is 0. The van der Waals surface area contributed by atoms with Gasteiger partial charge in [-0.3, -0.25) is 15.0 Å². The van der Waals surface area contributed by atoms with E-state index in [4.69, 9.17) is 16.3 Å². The molecule has 0 unspecified atom stereocenters. The maximum absolute atomic E-state index is 12.6. The molecule has 1 fully saturated rings. The van der Waals surface area contributed by atoms with Crippen LogP contribution in [0.4, 0.5) is 5.69 Å². The molecule has 0 aromatic heterocycles. The highest BCUT2D eigenvalue weighted by atomic mass is 79.9. The van der Waals surface area contributed by atoms with Crippen LogP contribution in [0.3, 0.4) is 0 Å². The Bertz CT molecular complexity index is 896. The molecule has 0 saturated carbocycles. The highest BCUT2D eigenvalue weighted by Crippen LogP contribution is 2.35. The quantitative estimate of drug-likeness (QED) is 0.587. The maximum atomic E-state index is 12.6. The van der Waals surface area contributed by atoms with E-state index in [-0.39, 0.29) is 22.6 Å². The molecule has 6 nitrogen and oxygen atoms in total. The first-order chi connectivity index (χ1) is 11.9. The number of halogens is 2. The first-order valence-electron chi connectivity index (χ1n) is 7.10. The lowest BCUT2D eigenvalue weighted by molar-refractivity contribution is -0.117. The van der Waals surface area contributed by atoms with Gasteiger partial charge in [-0.05, 0) is 36.4 Å². The largest absolute Gasteiger partial charge is 0.504 e. The maximum Gasteiger partial charge on any atom is 0.282 e. The van der Waals surface area contributed by atoms with Crippen LogP contribution in [0.2, 0.25) is 5.02 Å². The van der Waals surface area contributed by atoms with Gasteiger partial charge in [0.05, 0.1) is 12.8 Å². The molecule has 25 heavy (non-hydrogen) atoms. The molecule has 2 N–H and O–H groups in total. The first kappa shape index (κ1) is 17.3. The van der Waals surface area contributed by atoms with Gasteiger partial charge in [0.1, 0.15) is 5.57 Å². The second-order valence-electron chi connectivity index (χ2n) is 5.16. The Morgan fingerprint density at radius 1 is 1.24 bits per heavy atom. The zero-order valence-corrected chi connectivity index (χ0v) is 15.3. The zero-order valence-electron chi connectivity index (χ0n) is 12.9. The molecule has 3 rings (SSSR count). The van der Waals surface area contributed by atoms with Crippen molar-refractivity contribution in [3.8, 4) is 11.5 Å². The average Bonchev–Trinajstić information content (AvgIpc) is 2.86. The summed E-state index contributed by atoms with van der Waals surface area (Å²) >= 11 is 9.29.